The van der Waals surface area contributed by atoms with E-state index in [2.05, 4.69) is 5.16 Å². The molecule has 1 N–H and O–H groups in total. The molecule has 3 aromatic rings. The van der Waals surface area contributed by atoms with Gasteiger partial charge in [-0.05, 0) is 43.7 Å². The predicted molar refractivity (Wildman–Crippen MR) is 108 cm³/mol. The van der Waals surface area contributed by atoms with Gasteiger partial charge in [0.1, 0.15) is 5.76 Å². The van der Waals surface area contributed by atoms with Gasteiger partial charge in [0.25, 0.3) is 5.91 Å². The van der Waals surface area contributed by atoms with Crippen LogP contribution in [0.1, 0.15) is 34.8 Å². The first-order valence-electron chi connectivity index (χ1n) is 9.55. The molecule has 0 saturated carbocycles. The highest BCUT2D eigenvalue weighted by atomic mass is 16.5. The Balaban J connectivity index is 1.88. The number of anilines is 1. The lowest BCUT2D eigenvalue weighted by molar-refractivity contribution is -0.117. The van der Waals surface area contributed by atoms with Crippen LogP contribution in [0.3, 0.4) is 0 Å². The lowest BCUT2D eigenvalue weighted by Gasteiger charge is -2.25. The average Bonchev–Trinajstić information content (AvgIpc) is 3.49. The van der Waals surface area contributed by atoms with E-state index >= 15 is 0 Å². The van der Waals surface area contributed by atoms with Gasteiger partial charge in [-0.1, -0.05) is 11.2 Å². The van der Waals surface area contributed by atoms with E-state index < -0.39 is 23.5 Å². The molecule has 9 nitrogen and oxygen atoms in total. The Morgan fingerprint density at radius 1 is 1.26 bits per heavy atom. The summed E-state index contributed by atoms with van der Waals surface area (Å²) in [7, 11) is 1.49. The highest BCUT2D eigenvalue weighted by Gasteiger charge is 2.46. The first-order valence-corrected chi connectivity index (χ1v) is 9.55. The zero-order valence-corrected chi connectivity index (χ0v) is 17.1. The molecule has 9 heteroatoms. The number of rotatable bonds is 7. The molecule has 0 bridgehead atoms. The predicted octanol–water partition coefficient (Wildman–Crippen LogP) is 3.77. The lowest BCUT2D eigenvalue weighted by atomic mass is 9.94. The first kappa shape index (κ1) is 20.3. The minimum Gasteiger partial charge on any atom is -0.503 e. The van der Waals surface area contributed by atoms with Crippen molar-refractivity contribution < 1.29 is 33.1 Å². The second-order valence-electron chi connectivity index (χ2n) is 6.79. The van der Waals surface area contributed by atoms with Crippen molar-refractivity contribution in [2.45, 2.75) is 19.9 Å². The second-order valence-corrected chi connectivity index (χ2v) is 6.79. The number of hydrogen-bond donors (Lipinski definition) is 1. The fourth-order valence-corrected chi connectivity index (χ4v) is 3.53. The summed E-state index contributed by atoms with van der Waals surface area (Å²) in [4.78, 5) is 27.4. The number of Topliss-reactive ketones (excluding diaryl/α,β-unsaturated/α-hetero) is 1. The maximum Gasteiger partial charge on any atom is 0.295 e. The van der Waals surface area contributed by atoms with Crippen LogP contribution in [0.2, 0.25) is 0 Å². The molecule has 0 saturated heterocycles. The molecule has 0 unspecified atom stereocenters. The number of aliphatic hydroxyl groups is 1. The first-order chi connectivity index (χ1) is 15.0. The molecule has 0 fully saturated rings. The Morgan fingerprint density at radius 2 is 2.06 bits per heavy atom. The van der Waals surface area contributed by atoms with Gasteiger partial charge in [0, 0.05) is 6.07 Å². The van der Waals surface area contributed by atoms with Crippen molar-refractivity contribution in [3.8, 4) is 11.5 Å². The van der Waals surface area contributed by atoms with Gasteiger partial charge < -0.3 is 23.5 Å². The molecule has 0 aliphatic carbocycles. The van der Waals surface area contributed by atoms with Gasteiger partial charge in [-0.15, -0.1) is 0 Å². The van der Waals surface area contributed by atoms with E-state index in [1.807, 2.05) is 6.92 Å². The van der Waals surface area contributed by atoms with Crippen LogP contribution in [-0.4, -0.2) is 35.7 Å². The molecule has 4 rings (SSSR count). The van der Waals surface area contributed by atoms with Crippen molar-refractivity contribution in [3.05, 3.63) is 71.1 Å². The summed E-state index contributed by atoms with van der Waals surface area (Å²) in [5, 5.41) is 14.6. The van der Waals surface area contributed by atoms with Crippen LogP contribution in [0.25, 0.3) is 0 Å². The molecule has 3 heterocycles. The molecular formula is C22H20N2O7. The standard InChI is InChI=1S/C22H20N2O7/c1-4-29-14-8-7-13(11-16(14)28-3)19-18(20(25)15-6-5-9-30-15)21(26)22(27)24(19)17-10-12(2)31-23-17/h5-11,19,26H,4H2,1-3H3/t19-/m1/s1. The number of furan rings is 1. The molecule has 31 heavy (non-hydrogen) atoms. The van der Waals surface area contributed by atoms with Gasteiger partial charge in [0.05, 0.1) is 31.6 Å². The summed E-state index contributed by atoms with van der Waals surface area (Å²) < 4.78 is 21.3. The fraction of sp³-hybridized carbons (Fsp3) is 0.227. The number of aliphatic hydroxyl groups excluding tert-OH is 1. The maximum absolute atomic E-state index is 13.2. The van der Waals surface area contributed by atoms with Crippen LogP contribution in [0, 0.1) is 6.92 Å². The van der Waals surface area contributed by atoms with Gasteiger partial charge in [-0.2, -0.15) is 0 Å². The summed E-state index contributed by atoms with van der Waals surface area (Å²) in [5.74, 6) is -0.522. The number of carbonyl (C=O) groups is 2. The van der Waals surface area contributed by atoms with E-state index in [4.69, 9.17) is 18.4 Å². The number of ketones is 1. The highest BCUT2D eigenvalue weighted by molar-refractivity contribution is 6.19. The van der Waals surface area contributed by atoms with E-state index in [1.165, 1.54) is 24.3 Å². The Morgan fingerprint density at radius 3 is 2.68 bits per heavy atom. The van der Waals surface area contributed by atoms with Crippen molar-refractivity contribution >= 4 is 17.5 Å². The number of amides is 1. The van der Waals surface area contributed by atoms with Crippen LogP contribution in [-0.2, 0) is 4.79 Å². The molecule has 160 valence electrons. The number of carbonyl (C=O) groups excluding carboxylic acids is 2. The van der Waals surface area contributed by atoms with Crippen LogP contribution in [0.15, 0.2) is 62.9 Å². The fourth-order valence-electron chi connectivity index (χ4n) is 3.53. The van der Waals surface area contributed by atoms with Gasteiger partial charge in [-0.25, -0.2) is 0 Å². The highest BCUT2D eigenvalue weighted by Crippen LogP contribution is 2.43. The third kappa shape index (κ3) is 3.43. The van der Waals surface area contributed by atoms with E-state index in [0.29, 0.717) is 29.4 Å². The van der Waals surface area contributed by atoms with E-state index in [0.717, 1.165) is 0 Å². The molecule has 0 radical (unpaired) electrons. The van der Waals surface area contributed by atoms with Crippen molar-refractivity contribution in [2.24, 2.45) is 0 Å². The van der Waals surface area contributed by atoms with Crippen molar-refractivity contribution in [2.75, 3.05) is 18.6 Å². The topological polar surface area (TPSA) is 115 Å². The van der Waals surface area contributed by atoms with Gasteiger partial charge in [-0.3, -0.25) is 14.5 Å². The van der Waals surface area contributed by atoms with Crippen molar-refractivity contribution in [3.63, 3.8) is 0 Å². The quantitative estimate of drug-likeness (QED) is 0.570. The molecule has 1 aliphatic heterocycles. The summed E-state index contributed by atoms with van der Waals surface area (Å²) >= 11 is 0. The number of nitrogens with zero attached hydrogens (tertiary/aromatic N) is 2. The molecule has 1 atom stereocenters. The number of ether oxygens (including phenoxy) is 2. The third-order valence-corrected chi connectivity index (χ3v) is 4.86. The van der Waals surface area contributed by atoms with E-state index in [9.17, 15) is 14.7 Å². The SMILES string of the molecule is CCOc1ccc([C@@H]2C(C(=O)c3ccco3)=C(O)C(=O)N2c2cc(C)on2)cc1OC. The van der Waals surface area contributed by atoms with Crippen molar-refractivity contribution in [1.29, 1.82) is 0 Å². The van der Waals surface area contributed by atoms with Gasteiger partial charge in [0.15, 0.2) is 28.8 Å². The third-order valence-electron chi connectivity index (χ3n) is 4.86. The maximum atomic E-state index is 13.2. The molecule has 1 amide bonds. The Hall–Kier alpha value is -4.01. The summed E-state index contributed by atoms with van der Waals surface area (Å²) in [6, 6.07) is 8.60. The van der Waals surface area contributed by atoms with Crippen LogP contribution in [0.5, 0.6) is 11.5 Å². The second kappa shape index (κ2) is 8.02. The largest absolute Gasteiger partial charge is 0.503 e. The number of hydrogen-bond acceptors (Lipinski definition) is 8. The minimum atomic E-state index is -0.987. The van der Waals surface area contributed by atoms with E-state index in [-0.39, 0.29) is 17.2 Å². The normalized spacial score (nSPS) is 16.2. The number of aromatic nitrogens is 1. The number of aryl methyl sites for hydroxylation is 1. The van der Waals surface area contributed by atoms with Crippen LogP contribution < -0.4 is 14.4 Å². The molecule has 2 aromatic heterocycles. The molecule has 1 aliphatic rings. The Bertz CT molecular complexity index is 1160. The summed E-state index contributed by atoms with van der Waals surface area (Å²) in [6.45, 7) is 3.96. The Kier molecular flexibility index (Phi) is 5.24. The van der Waals surface area contributed by atoms with Gasteiger partial charge >= 0.3 is 0 Å². The summed E-state index contributed by atoms with van der Waals surface area (Å²) in [5.41, 5.74) is 0.375. The van der Waals surface area contributed by atoms with Gasteiger partial charge in [0.2, 0.25) is 5.78 Å². The van der Waals surface area contributed by atoms with E-state index in [1.54, 1.807) is 37.3 Å². The number of benzene rings is 1. The van der Waals surface area contributed by atoms with Crippen molar-refractivity contribution in [1.82, 2.24) is 5.16 Å². The van der Waals surface area contributed by atoms with Crippen LogP contribution >= 0.6 is 0 Å². The molecule has 1 aromatic carbocycles. The smallest absolute Gasteiger partial charge is 0.295 e. The van der Waals surface area contributed by atoms with Crippen LogP contribution in [0.4, 0.5) is 5.82 Å². The summed E-state index contributed by atoms with van der Waals surface area (Å²) in [6.07, 6.45) is 1.34. The zero-order chi connectivity index (χ0) is 22.1. The zero-order valence-electron chi connectivity index (χ0n) is 17.1. The average molecular weight is 424 g/mol. The lowest BCUT2D eigenvalue weighted by Crippen LogP contribution is -2.31. The minimum absolute atomic E-state index is 0.00423. The number of methoxy groups -OCH3 is 1. The molecule has 0 spiro atoms. The Labute approximate surface area is 177 Å². The monoisotopic (exact) mass is 424 g/mol. The molecular weight excluding hydrogens is 404 g/mol.